The van der Waals surface area contributed by atoms with Gasteiger partial charge in [-0.15, -0.1) is 5.10 Å². The number of piperazine rings is 1. The van der Waals surface area contributed by atoms with E-state index in [9.17, 15) is 0 Å². The lowest BCUT2D eigenvalue weighted by atomic mass is 10.1. The van der Waals surface area contributed by atoms with E-state index in [0.29, 0.717) is 23.2 Å². The number of hydrogen-bond acceptors (Lipinski definition) is 5. The van der Waals surface area contributed by atoms with Crippen LogP contribution in [0, 0.1) is 11.8 Å². The molecular formula is C18H20ClN4O2S+. The summed E-state index contributed by atoms with van der Waals surface area (Å²) in [6, 6.07) is 9.66. The van der Waals surface area contributed by atoms with Crippen LogP contribution in [0.3, 0.4) is 0 Å². The average Bonchev–Trinajstić information content (AvgIpc) is 3.28. The maximum Gasteiger partial charge on any atom is 0.292 e. The second-order valence-corrected chi connectivity index (χ2v) is 7.26. The van der Waals surface area contributed by atoms with E-state index in [1.54, 1.807) is 17.0 Å². The van der Waals surface area contributed by atoms with Crippen molar-refractivity contribution in [1.82, 2.24) is 9.78 Å². The predicted octanol–water partition coefficient (Wildman–Crippen LogP) is 2.79. The van der Waals surface area contributed by atoms with Crippen molar-refractivity contribution in [1.29, 1.82) is 0 Å². The van der Waals surface area contributed by atoms with E-state index in [0.717, 1.165) is 31.2 Å². The van der Waals surface area contributed by atoms with Crippen LogP contribution < -0.4 is 9.80 Å². The molecule has 6 nitrogen and oxygen atoms in total. The number of furan rings is 1. The van der Waals surface area contributed by atoms with Gasteiger partial charge in [0.25, 0.3) is 10.7 Å². The van der Waals surface area contributed by atoms with E-state index in [1.165, 1.54) is 16.2 Å². The minimum Gasteiger partial charge on any atom is -0.459 e. The molecule has 0 aliphatic carbocycles. The fourth-order valence-electron chi connectivity index (χ4n) is 3.26. The fraction of sp³-hybridized carbons (Fsp3) is 0.333. The number of aryl methyl sites for hydroxylation is 1. The lowest BCUT2D eigenvalue weighted by Crippen LogP contribution is -3.14. The first-order chi connectivity index (χ1) is 12.6. The van der Waals surface area contributed by atoms with Crippen LogP contribution in [0.4, 0.5) is 5.69 Å². The third-order valence-electron chi connectivity index (χ3n) is 4.69. The van der Waals surface area contributed by atoms with E-state index < -0.39 is 0 Å². The van der Waals surface area contributed by atoms with Gasteiger partial charge in [-0.1, -0.05) is 17.7 Å². The van der Waals surface area contributed by atoms with Crippen LogP contribution in [0.2, 0.25) is 5.02 Å². The third-order valence-corrected chi connectivity index (χ3v) is 5.22. The molecule has 0 unspecified atom stereocenters. The highest BCUT2D eigenvalue weighted by molar-refractivity contribution is 7.71. The molecule has 136 valence electrons. The zero-order chi connectivity index (χ0) is 18.1. The molecule has 0 spiro atoms. The van der Waals surface area contributed by atoms with Gasteiger partial charge in [-0.05, 0) is 49.0 Å². The molecule has 1 aliphatic heterocycles. The van der Waals surface area contributed by atoms with Crippen molar-refractivity contribution in [3.05, 3.63) is 52.0 Å². The van der Waals surface area contributed by atoms with Crippen molar-refractivity contribution < 1.29 is 13.7 Å². The summed E-state index contributed by atoms with van der Waals surface area (Å²) in [6.45, 7) is 6.73. The molecule has 8 heteroatoms. The van der Waals surface area contributed by atoms with Gasteiger partial charge in [0.2, 0.25) is 0 Å². The molecule has 0 radical (unpaired) electrons. The molecule has 0 saturated carbocycles. The Balaban J connectivity index is 1.41. The van der Waals surface area contributed by atoms with Gasteiger partial charge in [0.05, 0.1) is 32.4 Å². The van der Waals surface area contributed by atoms with Crippen LogP contribution in [-0.4, -0.2) is 36.0 Å². The number of nitrogens with zero attached hydrogens (tertiary/aromatic N) is 3. The molecule has 0 bridgehead atoms. The van der Waals surface area contributed by atoms with Crippen LogP contribution in [0.5, 0.6) is 0 Å². The van der Waals surface area contributed by atoms with Crippen LogP contribution in [-0.2, 0) is 6.67 Å². The quantitative estimate of drug-likeness (QED) is 0.693. The smallest absolute Gasteiger partial charge is 0.292 e. The summed E-state index contributed by atoms with van der Waals surface area (Å²) in [5.41, 5.74) is 2.47. The molecule has 1 aliphatic rings. The Bertz CT molecular complexity index is 943. The second kappa shape index (κ2) is 7.26. The molecular weight excluding hydrogens is 372 g/mol. The minimum atomic E-state index is 0.372. The summed E-state index contributed by atoms with van der Waals surface area (Å²) in [4.78, 5) is 4.18. The Morgan fingerprint density at radius 3 is 2.81 bits per heavy atom. The molecule has 2 aromatic heterocycles. The molecule has 3 heterocycles. The van der Waals surface area contributed by atoms with E-state index in [1.807, 2.05) is 18.2 Å². The van der Waals surface area contributed by atoms with Crippen LogP contribution in [0.1, 0.15) is 5.56 Å². The Morgan fingerprint density at radius 2 is 2.08 bits per heavy atom. The van der Waals surface area contributed by atoms with Gasteiger partial charge < -0.3 is 18.6 Å². The van der Waals surface area contributed by atoms with E-state index in [4.69, 9.17) is 32.7 Å². The summed E-state index contributed by atoms with van der Waals surface area (Å²) in [7, 11) is 0. The first-order valence-corrected chi connectivity index (χ1v) is 9.35. The maximum absolute atomic E-state index is 6.16. The summed E-state index contributed by atoms with van der Waals surface area (Å²) in [6.07, 6.45) is 1.59. The van der Waals surface area contributed by atoms with Crippen LogP contribution >= 0.6 is 23.8 Å². The molecule has 1 aromatic carbocycles. The Morgan fingerprint density at radius 1 is 1.27 bits per heavy atom. The van der Waals surface area contributed by atoms with Gasteiger partial charge in [0.15, 0.2) is 12.4 Å². The van der Waals surface area contributed by atoms with Crippen molar-refractivity contribution in [2.75, 3.05) is 31.1 Å². The van der Waals surface area contributed by atoms with Crippen molar-refractivity contribution >= 4 is 29.5 Å². The topological polar surface area (TPSA) is 51.8 Å². The zero-order valence-corrected chi connectivity index (χ0v) is 16.0. The summed E-state index contributed by atoms with van der Waals surface area (Å²) in [5, 5.41) is 5.23. The van der Waals surface area contributed by atoms with Gasteiger partial charge in [-0.2, -0.15) is 4.68 Å². The number of benzene rings is 1. The monoisotopic (exact) mass is 391 g/mol. The van der Waals surface area contributed by atoms with Crippen molar-refractivity contribution in [3.8, 4) is 11.7 Å². The highest BCUT2D eigenvalue weighted by Crippen LogP contribution is 2.24. The number of anilines is 1. The number of hydrogen-bond donors (Lipinski definition) is 1. The number of quaternary nitrogens is 1. The number of rotatable bonds is 4. The minimum absolute atomic E-state index is 0.372. The predicted molar refractivity (Wildman–Crippen MR) is 102 cm³/mol. The highest BCUT2D eigenvalue weighted by Gasteiger charge is 2.23. The first-order valence-electron chi connectivity index (χ1n) is 8.56. The Labute approximate surface area is 161 Å². The normalized spacial score (nSPS) is 15.5. The number of aromatic nitrogens is 2. The van der Waals surface area contributed by atoms with E-state index in [-0.39, 0.29) is 0 Å². The largest absolute Gasteiger partial charge is 0.459 e. The van der Waals surface area contributed by atoms with Gasteiger partial charge in [-0.25, -0.2) is 0 Å². The fourth-order valence-corrected chi connectivity index (χ4v) is 3.61. The van der Waals surface area contributed by atoms with E-state index in [2.05, 4.69) is 23.0 Å². The van der Waals surface area contributed by atoms with Gasteiger partial charge >= 0.3 is 0 Å². The SMILES string of the molecule is Cc1ccc(Cl)cc1N1CC[NH+](Cn2nc(-c3ccco3)oc2=S)CC1. The van der Waals surface area contributed by atoms with Crippen molar-refractivity contribution in [2.45, 2.75) is 13.6 Å². The standard InChI is InChI=1S/C18H19ClN4O2S/c1-13-4-5-14(19)11-15(13)22-8-6-21(7-9-22)12-23-18(26)25-17(20-23)16-3-2-10-24-16/h2-5,10-11H,6-9,12H2,1H3/p+1. The lowest BCUT2D eigenvalue weighted by Gasteiger charge is -2.34. The van der Waals surface area contributed by atoms with E-state index >= 15 is 0 Å². The molecule has 0 atom stereocenters. The molecule has 3 aromatic rings. The third kappa shape index (κ3) is 3.56. The zero-order valence-electron chi connectivity index (χ0n) is 14.4. The molecule has 1 fully saturated rings. The average molecular weight is 392 g/mol. The van der Waals surface area contributed by atoms with Gasteiger partial charge in [-0.3, -0.25) is 0 Å². The number of halogens is 1. The van der Waals surface area contributed by atoms with Crippen molar-refractivity contribution in [2.24, 2.45) is 0 Å². The Kier molecular flexibility index (Phi) is 4.84. The van der Waals surface area contributed by atoms with Crippen LogP contribution in [0.15, 0.2) is 45.4 Å². The van der Waals surface area contributed by atoms with Gasteiger partial charge in [0.1, 0.15) is 0 Å². The highest BCUT2D eigenvalue weighted by atomic mass is 35.5. The van der Waals surface area contributed by atoms with Crippen molar-refractivity contribution in [3.63, 3.8) is 0 Å². The summed E-state index contributed by atoms with van der Waals surface area (Å²) < 4.78 is 12.6. The molecule has 1 saturated heterocycles. The maximum atomic E-state index is 6.16. The second-order valence-electron chi connectivity index (χ2n) is 6.48. The molecule has 4 rings (SSSR count). The Hall–Kier alpha value is -2.09. The molecule has 0 amide bonds. The first kappa shape index (κ1) is 17.3. The summed E-state index contributed by atoms with van der Waals surface area (Å²) >= 11 is 11.5. The number of nitrogens with one attached hydrogen (secondary N) is 1. The molecule has 1 N–H and O–H groups in total. The van der Waals surface area contributed by atoms with Crippen LogP contribution in [0.25, 0.3) is 11.7 Å². The van der Waals surface area contributed by atoms with Gasteiger partial charge in [0, 0.05) is 10.7 Å². The summed E-state index contributed by atoms with van der Waals surface area (Å²) in [5.74, 6) is 1.01. The molecule has 26 heavy (non-hydrogen) atoms. The lowest BCUT2D eigenvalue weighted by molar-refractivity contribution is -0.924.